The van der Waals surface area contributed by atoms with Crippen LogP contribution in [0.15, 0.2) is 42.7 Å². The molecule has 0 spiro atoms. The van der Waals surface area contributed by atoms with Gasteiger partial charge in [0.05, 0.1) is 5.69 Å². The van der Waals surface area contributed by atoms with Crippen LogP contribution < -0.4 is 11.1 Å². The van der Waals surface area contributed by atoms with E-state index in [1.807, 2.05) is 0 Å². The number of carbonyl (C=O) groups is 3. The quantitative estimate of drug-likeness (QED) is 0.422. The monoisotopic (exact) mass is 353 g/mol. The van der Waals surface area contributed by atoms with Crippen molar-refractivity contribution in [3.8, 4) is 11.4 Å². The highest BCUT2D eigenvalue weighted by Crippen LogP contribution is 2.16. The summed E-state index contributed by atoms with van der Waals surface area (Å²) in [6.07, 6.45) is 3.31. The lowest BCUT2D eigenvalue weighted by molar-refractivity contribution is -0.137. The van der Waals surface area contributed by atoms with Crippen LogP contribution in [-0.4, -0.2) is 49.0 Å². The zero-order valence-corrected chi connectivity index (χ0v) is 13.5. The van der Waals surface area contributed by atoms with Gasteiger partial charge in [-0.1, -0.05) is 11.3 Å². The zero-order chi connectivity index (χ0) is 18.5. The molecule has 3 heterocycles. The first-order valence-corrected chi connectivity index (χ1v) is 7.65. The van der Waals surface area contributed by atoms with E-state index in [4.69, 9.17) is 5.73 Å². The van der Waals surface area contributed by atoms with Gasteiger partial charge in [0.25, 0.3) is 11.8 Å². The molecule has 3 rings (SSSR count). The summed E-state index contributed by atoms with van der Waals surface area (Å²) in [4.78, 5) is 43.0. The third kappa shape index (κ3) is 3.64. The number of amides is 2. The summed E-state index contributed by atoms with van der Waals surface area (Å²) in [6.45, 7) is 0. The molecule has 0 aliphatic carbocycles. The fourth-order valence-electron chi connectivity index (χ4n) is 2.40. The van der Waals surface area contributed by atoms with Crippen LogP contribution in [0.3, 0.4) is 0 Å². The predicted octanol–water partition coefficient (Wildman–Crippen LogP) is -0.410. The highest BCUT2D eigenvalue weighted by atomic mass is 16.2. The van der Waals surface area contributed by atoms with Crippen LogP contribution >= 0.6 is 0 Å². The number of aromatic nitrogens is 5. The van der Waals surface area contributed by atoms with Crippen molar-refractivity contribution >= 4 is 17.6 Å². The maximum absolute atomic E-state index is 12.6. The standard InChI is InChI=1S/C16H15N7O3/c17-15(25)14(24)11(8-9-4-3-7-18-9)20-16(26)13-12(21-23-22-13)10-5-1-2-6-19-10/h1-7,11,18H,8H2,(H2,17,25)(H,20,26)(H,21,22,23). The van der Waals surface area contributed by atoms with Crippen LogP contribution in [0.4, 0.5) is 0 Å². The van der Waals surface area contributed by atoms with E-state index in [2.05, 4.69) is 30.7 Å². The number of aromatic amines is 2. The van der Waals surface area contributed by atoms with Crippen LogP contribution in [0.2, 0.25) is 0 Å². The van der Waals surface area contributed by atoms with E-state index in [0.717, 1.165) is 0 Å². The van der Waals surface area contributed by atoms with Gasteiger partial charge in [0.1, 0.15) is 11.7 Å². The number of hydrogen-bond donors (Lipinski definition) is 4. The average molecular weight is 353 g/mol. The number of pyridine rings is 1. The maximum atomic E-state index is 12.6. The Labute approximate surface area is 147 Å². The van der Waals surface area contributed by atoms with Gasteiger partial charge in [-0.3, -0.25) is 24.5 Å². The first-order chi connectivity index (χ1) is 12.6. The molecule has 0 aliphatic rings. The van der Waals surface area contributed by atoms with E-state index in [1.165, 1.54) is 0 Å². The minimum Gasteiger partial charge on any atom is -0.365 e. The Kier molecular flexibility index (Phi) is 4.83. The Morgan fingerprint density at radius 3 is 2.69 bits per heavy atom. The SMILES string of the molecule is NC(=O)C(=O)C(Cc1ccc[nH]1)NC(=O)c1nn[nH]c1-c1ccccn1. The number of hydrogen-bond acceptors (Lipinski definition) is 6. The summed E-state index contributed by atoms with van der Waals surface area (Å²) in [5.41, 5.74) is 6.47. The topological polar surface area (TPSA) is 160 Å². The number of nitrogens with zero attached hydrogens (tertiary/aromatic N) is 3. The van der Waals surface area contributed by atoms with Crippen molar-refractivity contribution in [1.82, 2.24) is 30.7 Å². The average Bonchev–Trinajstić information content (AvgIpc) is 3.32. The van der Waals surface area contributed by atoms with E-state index >= 15 is 0 Å². The highest BCUT2D eigenvalue weighted by molar-refractivity contribution is 6.38. The molecule has 3 aromatic rings. The van der Waals surface area contributed by atoms with E-state index < -0.39 is 23.6 Å². The molecule has 0 aliphatic heterocycles. The Morgan fingerprint density at radius 1 is 1.19 bits per heavy atom. The van der Waals surface area contributed by atoms with Crippen LogP contribution in [0.25, 0.3) is 11.4 Å². The second kappa shape index (κ2) is 7.38. The summed E-state index contributed by atoms with van der Waals surface area (Å²) >= 11 is 0. The minimum atomic E-state index is -1.13. The van der Waals surface area contributed by atoms with Gasteiger partial charge in [-0.05, 0) is 24.3 Å². The summed E-state index contributed by atoms with van der Waals surface area (Å²) in [7, 11) is 0. The Balaban J connectivity index is 1.83. The minimum absolute atomic E-state index is 0.0440. The molecule has 5 N–H and O–H groups in total. The van der Waals surface area contributed by atoms with Gasteiger partial charge in [-0.25, -0.2) is 0 Å². The fraction of sp³-hybridized carbons (Fsp3) is 0.125. The number of rotatable bonds is 7. The second-order valence-corrected chi connectivity index (χ2v) is 5.40. The summed E-state index contributed by atoms with van der Waals surface area (Å²) in [6, 6.07) is 7.48. The van der Waals surface area contributed by atoms with Crippen molar-refractivity contribution in [2.45, 2.75) is 12.5 Å². The van der Waals surface area contributed by atoms with Gasteiger partial charge in [-0.15, -0.1) is 5.10 Å². The molecule has 0 saturated carbocycles. The zero-order valence-electron chi connectivity index (χ0n) is 13.5. The van der Waals surface area contributed by atoms with Gasteiger partial charge >= 0.3 is 0 Å². The van der Waals surface area contributed by atoms with Crippen LogP contribution in [-0.2, 0) is 16.0 Å². The Hall–Kier alpha value is -3.82. The molecule has 1 atom stereocenters. The van der Waals surface area contributed by atoms with Crippen molar-refractivity contribution in [3.05, 3.63) is 54.1 Å². The van der Waals surface area contributed by atoms with E-state index in [9.17, 15) is 14.4 Å². The number of nitrogens with one attached hydrogen (secondary N) is 3. The summed E-state index contributed by atoms with van der Waals surface area (Å²) in [5.74, 6) is -2.71. The molecule has 26 heavy (non-hydrogen) atoms. The highest BCUT2D eigenvalue weighted by Gasteiger charge is 2.28. The first-order valence-electron chi connectivity index (χ1n) is 7.65. The Morgan fingerprint density at radius 2 is 2.04 bits per heavy atom. The lowest BCUT2D eigenvalue weighted by atomic mass is 10.1. The predicted molar refractivity (Wildman–Crippen MR) is 89.6 cm³/mol. The molecule has 10 nitrogen and oxygen atoms in total. The van der Waals surface area contributed by atoms with E-state index in [1.54, 1.807) is 42.7 Å². The van der Waals surface area contributed by atoms with Crippen molar-refractivity contribution in [3.63, 3.8) is 0 Å². The molecule has 0 saturated heterocycles. The number of primary amides is 1. The van der Waals surface area contributed by atoms with Crippen LogP contribution in [0.5, 0.6) is 0 Å². The Bertz CT molecular complexity index is 918. The molecular formula is C16H15N7O3. The van der Waals surface area contributed by atoms with E-state index in [0.29, 0.717) is 17.1 Å². The number of Topliss-reactive ketones (excluding diaryl/α,β-unsaturated/α-hetero) is 1. The number of ketones is 1. The molecule has 0 bridgehead atoms. The molecule has 2 amide bonds. The molecular weight excluding hydrogens is 338 g/mol. The number of nitrogens with two attached hydrogens (primary N) is 1. The third-order valence-electron chi connectivity index (χ3n) is 3.64. The maximum Gasteiger partial charge on any atom is 0.287 e. The molecule has 3 aromatic heterocycles. The smallest absolute Gasteiger partial charge is 0.287 e. The van der Waals surface area contributed by atoms with Crippen LogP contribution in [0.1, 0.15) is 16.2 Å². The van der Waals surface area contributed by atoms with Crippen molar-refractivity contribution < 1.29 is 14.4 Å². The molecule has 10 heteroatoms. The van der Waals surface area contributed by atoms with Crippen molar-refractivity contribution in [2.75, 3.05) is 0 Å². The molecule has 132 valence electrons. The van der Waals surface area contributed by atoms with Gasteiger partial charge in [0.15, 0.2) is 5.69 Å². The molecule has 1 unspecified atom stereocenters. The lowest BCUT2D eigenvalue weighted by Gasteiger charge is -2.15. The molecule has 0 aromatic carbocycles. The van der Waals surface area contributed by atoms with E-state index in [-0.39, 0.29) is 12.1 Å². The third-order valence-corrected chi connectivity index (χ3v) is 3.64. The van der Waals surface area contributed by atoms with Crippen LogP contribution in [0, 0.1) is 0 Å². The van der Waals surface area contributed by atoms with Crippen molar-refractivity contribution in [2.24, 2.45) is 5.73 Å². The number of H-pyrrole nitrogens is 2. The van der Waals surface area contributed by atoms with Gasteiger partial charge in [0.2, 0.25) is 5.78 Å². The van der Waals surface area contributed by atoms with Gasteiger partial charge in [-0.2, -0.15) is 0 Å². The van der Waals surface area contributed by atoms with Gasteiger partial charge in [0, 0.05) is 24.5 Å². The van der Waals surface area contributed by atoms with Gasteiger partial charge < -0.3 is 16.0 Å². The van der Waals surface area contributed by atoms with Crippen molar-refractivity contribution in [1.29, 1.82) is 0 Å². The molecule has 0 radical (unpaired) electrons. The largest absolute Gasteiger partial charge is 0.365 e. The summed E-state index contributed by atoms with van der Waals surface area (Å²) in [5, 5.41) is 12.5. The fourth-order valence-corrected chi connectivity index (χ4v) is 2.40. The first kappa shape index (κ1) is 17.0. The lowest BCUT2D eigenvalue weighted by Crippen LogP contribution is -2.47. The summed E-state index contributed by atoms with van der Waals surface area (Å²) < 4.78 is 0. The molecule has 0 fully saturated rings. The second-order valence-electron chi connectivity index (χ2n) is 5.40. The number of carbonyl (C=O) groups excluding carboxylic acids is 3. The normalized spacial score (nSPS) is 11.7.